The van der Waals surface area contributed by atoms with Gasteiger partial charge in [-0.3, -0.25) is 9.69 Å². The summed E-state index contributed by atoms with van der Waals surface area (Å²) in [5.41, 5.74) is 0.252. The van der Waals surface area contributed by atoms with Crippen molar-refractivity contribution >= 4 is 5.91 Å². The Morgan fingerprint density at radius 1 is 1.35 bits per heavy atom. The number of carbonyl (C=O) groups excluding carboxylic acids is 1. The molecule has 0 atom stereocenters. The fraction of sp³-hybridized carbons (Fsp3) is 0.467. The van der Waals surface area contributed by atoms with E-state index in [1.165, 1.54) is 18.3 Å². The van der Waals surface area contributed by atoms with Crippen molar-refractivity contribution in [1.82, 2.24) is 14.8 Å². The molecule has 0 saturated carbocycles. The van der Waals surface area contributed by atoms with Crippen LogP contribution in [-0.2, 0) is 0 Å². The van der Waals surface area contributed by atoms with Crippen LogP contribution in [0.1, 0.15) is 10.4 Å². The first kappa shape index (κ1) is 17.1. The molecule has 0 aliphatic carbocycles. The Kier molecular flexibility index (Phi) is 5.45. The molecule has 0 unspecified atom stereocenters. The summed E-state index contributed by atoms with van der Waals surface area (Å²) in [6.07, 6.45) is 2.06. The van der Waals surface area contributed by atoms with Gasteiger partial charge >= 0.3 is 6.18 Å². The van der Waals surface area contributed by atoms with Crippen LogP contribution in [0.4, 0.5) is 13.2 Å². The minimum Gasteiger partial charge on any atom is -0.468 e. The second-order valence-electron chi connectivity index (χ2n) is 5.06. The van der Waals surface area contributed by atoms with Crippen LogP contribution in [0.2, 0.25) is 0 Å². The van der Waals surface area contributed by atoms with E-state index in [2.05, 4.69) is 15.6 Å². The molecule has 0 spiro atoms. The molecule has 0 N–H and O–H groups in total. The smallest absolute Gasteiger partial charge is 0.422 e. The first-order valence-electron chi connectivity index (χ1n) is 7.00. The molecule has 1 saturated heterocycles. The molecule has 23 heavy (non-hydrogen) atoms. The summed E-state index contributed by atoms with van der Waals surface area (Å²) in [4.78, 5) is 19.7. The zero-order chi connectivity index (χ0) is 16.9. The van der Waals surface area contributed by atoms with E-state index in [0.717, 1.165) is 0 Å². The second-order valence-corrected chi connectivity index (χ2v) is 5.06. The molecule has 1 fully saturated rings. The Balaban J connectivity index is 1.96. The van der Waals surface area contributed by atoms with E-state index in [1.54, 1.807) is 4.90 Å². The molecular weight excluding hydrogens is 311 g/mol. The number of hydrogen-bond donors (Lipinski definition) is 0. The van der Waals surface area contributed by atoms with Gasteiger partial charge in [0.2, 0.25) is 5.88 Å². The molecule has 124 valence electrons. The Morgan fingerprint density at radius 2 is 2.04 bits per heavy atom. The lowest BCUT2D eigenvalue weighted by atomic mass is 10.2. The molecule has 0 radical (unpaired) electrons. The van der Waals surface area contributed by atoms with Crippen molar-refractivity contribution in [2.45, 2.75) is 6.18 Å². The number of terminal acetylenes is 1. The van der Waals surface area contributed by atoms with E-state index in [-0.39, 0.29) is 17.4 Å². The monoisotopic (exact) mass is 327 g/mol. The van der Waals surface area contributed by atoms with Crippen LogP contribution in [0.3, 0.4) is 0 Å². The molecule has 0 aromatic carbocycles. The highest BCUT2D eigenvalue weighted by molar-refractivity contribution is 5.94. The zero-order valence-electron chi connectivity index (χ0n) is 12.3. The molecular formula is C15H16F3N3O2. The molecule has 8 heteroatoms. The molecule has 1 amide bonds. The van der Waals surface area contributed by atoms with E-state index in [4.69, 9.17) is 6.42 Å². The number of halogens is 3. The maximum absolute atomic E-state index is 12.4. The van der Waals surface area contributed by atoms with Crippen LogP contribution in [0.5, 0.6) is 5.88 Å². The largest absolute Gasteiger partial charge is 0.468 e. The van der Waals surface area contributed by atoms with Gasteiger partial charge in [0.15, 0.2) is 6.61 Å². The van der Waals surface area contributed by atoms with Gasteiger partial charge in [0.25, 0.3) is 5.91 Å². The lowest BCUT2D eigenvalue weighted by Gasteiger charge is -2.33. The third-order valence-corrected chi connectivity index (χ3v) is 3.34. The molecule has 2 heterocycles. The van der Waals surface area contributed by atoms with Gasteiger partial charge in [-0.1, -0.05) is 5.92 Å². The first-order valence-corrected chi connectivity index (χ1v) is 7.00. The molecule has 1 aromatic rings. The van der Waals surface area contributed by atoms with Gasteiger partial charge in [0.1, 0.15) is 0 Å². The van der Waals surface area contributed by atoms with E-state index >= 15 is 0 Å². The first-order chi connectivity index (χ1) is 10.9. The highest BCUT2D eigenvalue weighted by Gasteiger charge is 2.29. The molecule has 5 nitrogen and oxygen atoms in total. The molecule has 0 bridgehead atoms. The number of amides is 1. The lowest BCUT2D eigenvalue weighted by Crippen LogP contribution is -2.48. The normalized spacial score (nSPS) is 16.0. The number of rotatable bonds is 4. The van der Waals surface area contributed by atoms with Gasteiger partial charge in [-0.2, -0.15) is 13.2 Å². The average molecular weight is 327 g/mol. The fourth-order valence-corrected chi connectivity index (χ4v) is 2.20. The Morgan fingerprint density at radius 3 is 2.65 bits per heavy atom. The van der Waals surface area contributed by atoms with Crippen LogP contribution in [0, 0.1) is 12.3 Å². The summed E-state index contributed by atoms with van der Waals surface area (Å²) in [7, 11) is 0. The number of carbonyl (C=O) groups is 1. The predicted molar refractivity (Wildman–Crippen MR) is 77.0 cm³/mol. The van der Waals surface area contributed by atoms with Gasteiger partial charge < -0.3 is 9.64 Å². The molecule has 1 aromatic heterocycles. The quantitative estimate of drug-likeness (QED) is 0.785. The Hall–Kier alpha value is -2.27. The summed E-state index contributed by atoms with van der Waals surface area (Å²) in [6.45, 7) is 1.45. The topological polar surface area (TPSA) is 45.7 Å². The fourth-order valence-electron chi connectivity index (χ4n) is 2.20. The standard InChI is InChI=1S/C15H16F3N3O2/c1-2-5-20-6-8-21(9-7-20)14(22)12-3-4-19-13(10-12)23-11-15(16,17)18/h1,3-4,10H,5-9,11H2. The van der Waals surface area contributed by atoms with Crippen LogP contribution in [0.25, 0.3) is 0 Å². The van der Waals surface area contributed by atoms with Gasteiger partial charge in [0, 0.05) is 44.0 Å². The van der Waals surface area contributed by atoms with Gasteiger partial charge in [-0.15, -0.1) is 6.42 Å². The van der Waals surface area contributed by atoms with Crippen molar-refractivity contribution < 1.29 is 22.7 Å². The number of piperazine rings is 1. The maximum atomic E-state index is 12.4. The maximum Gasteiger partial charge on any atom is 0.422 e. The van der Waals surface area contributed by atoms with Crippen molar-refractivity contribution in [3.63, 3.8) is 0 Å². The van der Waals surface area contributed by atoms with Gasteiger partial charge in [0.05, 0.1) is 6.54 Å². The molecule has 2 rings (SSSR count). The van der Waals surface area contributed by atoms with E-state index < -0.39 is 12.8 Å². The summed E-state index contributed by atoms with van der Waals surface area (Å²) < 4.78 is 41.0. The van der Waals surface area contributed by atoms with Gasteiger partial charge in [-0.25, -0.2) is 4.98 Å². The number of nitrogens with zero attached hydrogens (tertiary/aromatic N) is 3. The third-order valence-electron chi connectivity index (χ3n) is 3.34. The van der Waals surface area contributed by atoms with Crippen LogP contribution in [0.15, 0.2) is 18.3 Å². The summed E-state index contributed by atoms with van der Waals surface area (Å²) in [5, 5.41) is 0. The summed E-state index contributed by atoms with van der Waals surface area (Å²) >= 11 is 0. The predicted octanol–water partition coefficient (Wildman–Crippen LogP) is 1.41. The summed E-state index contributed by atoms with van der Waals surface area (Å²) in [5.74, 6) is 2.07. The minimum absolute atomic E-state index is 0.223. The number of aromatic nitrogens is 1. The molecule has 1 aliphatic rings. The average Bonchev–Trinajstić information content (AvgIpc) is 2.53. The number of ether oxygens (including phenoxy) is 1. The Bertz CT molecular complexity index is 590. The SMILES string of the molecule is C#CCN1CCN(C(=O)c2ccnc(OCC(F)(F)F)c2)CC1. The Labute approximate surface area is 132 Å². The third kappa shape index (κ3) is 5.14. The second kappa shape index (κ2) is 7.33. The van der Waals surface area contributed by atoms with Crippen molar-refractivity contribution in [2.75, 3.05) is 39.3 Å². The zero-order valence-corrected chi connectivity index (χ0v) is 12.3. The van der Waals surface area contributed by atoms with E-state index in [9.17, 15) is 18.0 Å². The number of alkyl halides is 3. The van der Waals surface area contributed by atoms with Crippen LogP contribution < -0.4 is 4.74 Å². The highest BCUT2D eigenvalue weighted by Crippen LogP contribution is 2.18. The minimum atomic E-state index is -4.45. The highest BCUT2D eigenvalue weighted by atomic mass is 19.4. The van der Waals surface area contributed by atoms with Crippen molar-refractivity contribution in [1.29, 1.82) is 0 Å². The van der Waals surface area contributed by atoms with Gasteiger partial charge in [-0.05, 0) is 6.07 Å². The lowest BCUT2D eigenvalue weighted by molar-refractivity contribution is -0.154. The number of hydrogen-bond acceptors (Lipinski definition) is 4. The van der Waals surface area contributed by atoms with Crippen molar-refractivity contribution in [3.05, 3.63) is 23.9 Å². The van der Waals surface area contributed by atoms with Crippen LogP contribution in [-0.4, -0.2) is 66.2 Å². The molecule has 1 aliphatic heterocycles. The van der Waals surface area contributed by atoms with E-state index in [0.29, 0.717) is 32.7 Å². The van der Waals surface area contributed by atoms with Crippen molar-refractivity contribution in [2.24, 2.45) is 0 Å². The summed E-state index contributed by atoms with van der Waals surface area (Å²) in [6, 6.07) is 2.68. The van der Waals surface area contributed by atoms with E-state index in [1.807, 2.05) is 4.90 Å². The van der Waals surface area contributed by atoms with Crippen LogP contribution >= 0.6 is 0 Å². The number of pyridine rings is 1. The van der Waals surface area contributed by atoms with Crippen molar-refractivity contribution in [3.8, 4) is 18.2 Å².